The lowest BCUT2D eigenvalue weighted by atomic mass is 10.2. The van der Waals surface area contributed by atoms with Crippen LogP contribution in [0.1, 0.15) is 19.4 Å². The quantitative estimate of drug-likeness (QED) is 0.460. The summed E-state index contributed by atoms with van der Waals surface area (Å²) in [4.78, 5) is 10.4. The van der Waals surface area contributed by atoms with E-state index < -0.39 is 0 Å². The Bertz CT molecular complexity index is 405. The van der Waals surface area contributed by atoms with Crippen molar-refractivity contribution in [2.24, 2.45) is 5.92 Å². The summed E-state index contributed by atoms with van der Waals surface area (Å²) in [5.74, 6) is 0.519. The first-order valence-corrected chi connectivity index (χ1v) is 6.07. The van der Waals surface area contributed by atoms with Gasteiger partial charge in [0.1, 0.15) is 0 Å². The van der Waals surface area contributed by atoms with Crippen LogP contribution in [-0.2, 0) is 4.74 Å². The molecule has 0 saturated heterocycles. The van der Waals surface area contributed by atoms with Crippen LogP contribution in [0, 0.1) is 23.0 Å². The summed E-state index contributed by atoms with van der Waals surface area (Å²) in [5, 5.41) is 13.9. The van der Waals surface area contributed by atoms with Crippen LogP contribution in [0.3, 0.4) is 0 Å². The molecule has 0 aromatic heterocycles. The molecule has 0 aliphatic heterocycles. The highest BCUT2D eigenvalue weighted by molar-refractivity contribution is 5.54. The number of benzene rings is 1. The van der Waals surface area contributed by atoms with Gasteiger partial charge in [-0.25, -0.2) is 0 Å². The van der Waals surface area contributed by atoms with E-state index in [1.165, 1.54) is 0 Å². The van der Waals surface area contributed by atoms with Crippen molar-refractivity contribution in [1.82, 2.24) is 0 Å². The van der Waals surface area contributed by atoms with E-state index in [4.69, 9.17) is 4.74 Å². The van der Waals surface area contributed by atoms with Gasteiger partial charge in [-0.05, 0) is 18.9 Å². The number of nitrogens with one attached hydrogen (secondary N) is 1. The van der Waals surface area contributed by atoms with E-state index in [9.17, 15) is 10.1 Å². The van der Waals surface area contributed by atoms with Crippen molar-refractivity contribution in [2.45, 2.75) is 20.8 Å². The molecule has 1 rings (SSSR count). The molecule has 5 nitrogen and oxygen atoms in total. The number of nitro benzene ring substituents is 1. The topological polar surface area (TPSA) is 64.4 Å². The van der Waals surface area contributed by atoms with E-state index in [1.807, 2.05) is 6.07 Å². The summed E-state index contributed by atoms with van der Waals surface area (Å²) in [5.41, 5.74) is 1.56. The molecule has 0 saturated carbocycles. The van der Waals surface area contributed by atoms with Gasteiger partial charge in [0.05, 0.1) is 11.5 Å². The predicted octanol–water partition coefficient (Wildman–Crippen LogP) is 2.99. The van der Waals surface area contributed by atoms with E-state index in [2.05, 4.69) is 19.2 Å². The zero-order chi connectivity index (χ0) is 13.5. The standard InChI is InChI=1S/C13H20N2O3/c1-10(2)9-18-7-6-14-12-5-4-11(3)13(8-12)15(16)17/h4-5,8,10,14H,6-7,9H2,1-3H3. The van der Waals surface area contributed by atoms with Gasteiger partial charge >= 0.3 is 0 Å². The van der Waals surface area contributed by atoms with Gasteiger partial charge in [-0.2, -0.15) is 0 Å². The van der Waals surface area contributed by atoms with Crippen LogP contribution in [0.4, 0.5) is 11.4 Å². The Hall–Kier alpha value is -1.62. The minimum atomic E-state index is -0.365. The maximum atomic E-state index is 10.8. The van der Waals surface area contributed by atoms with Crippen LogP contribution in [0.15, 0.2) is 18.2 Å². The van der Waals surface area contributed by atoms with E-state index in [0.29, 0.717) is 24.6 Å². The van der Waals surface area contributed by atoms with Gasteiger partial charge in [-0.1, -0.05) is 19.9 Å². The number of rotatable bonds is 7. The number of anilines is 1. The number of nitro groups is 1. The lowest BCUT2D eigenvalue weighted by molar-refractivity contribution is -0.385. The maximum Gasteiger partial charge on any atom is 0.274 e. The van der Waals surface area contributed by atoms with Crippen molar-refractivity contribution in [3.05, 3.63) is 33.9 Å². The Morgan fingerprint density at radius 1 is 1.44 bits per heavy atom. The molecule has 0 bridgehead atoms. The average molecular weight is 252 g/mol. The molecule has 0 amide bonds. The van der Waals surface area contributed by atoms with Crippen LogP contribution in [-0.4, -0.2) is 24.7 Å². The van der Waals surface area contributed by atoms with Gasteiger partial charge in [0.15, 0.2) is 0 Å². The zero-order valence-corrected chi connectivity index (χ0v) is 11.1. The van der Waals surface area contributed by atoms with Gasteiger partial charge in [0, 0.05) is 30.5 Å². The van der Waals surface area contributed by atoms with Crippen molar-refractivity contribution in [3.8, 4) is 0 Å². The Labute approximate surface area is 107 Å². The molecule has 0 atom stereocenters. The molecule has 1 aromatic carbocycles. The predicted molar refractivity (Wildman–Crippen MR) is 72.0 cm³/mol. The second-order valence-corrected chi connectivity index (χ2v) is 4.65. The molecule has 18 heavy (non-hydrogen) atoms. The summed E-state index contributed by atoms with van der Waals surface area (Å²) in [6.07, 6.45) is 0. The molecule has 5 heteroatoms. The summed E-state index contributed by atoms with van der Waals surface area (Å²) < 4.78 is 5.42. The highest BCUT2D eigenvalue weighted by Gasteiger charge is 2.10. The van der Waals surface area contributed by atoms with Crippen molar-refractivity contribution < 1.29 is 9.66 Å². The molecule has 0 fully saturated rings. The molecule has 0 aliphatic carbocycles. The van der Waals surface area contributed by atoms with Crippen molar-refractivity contribution >= 4 is 11.4 Å². The van der Waals surface area contributed by atoms with Gasteiger partial charge in [-0.15, -0.1) is 0 Å². The van der Waals surface area contributed by atoms with Crippen molar-refractivity contribution in [3.63, 3.8) is 0 Å². The Kier molecular flexibility index (Phi) is 5.58. The lowest BCUT2D eigenvalue weighted by Gasteiger charge is -2.09. The molecule has 1 N–H and O–H groups in total. The number of nitrogens with zero attached hydrogens (tertiary/aromatic N) is 1. The second kappa shape index (κ2) is 6.96. The fourth-order valence-corrected chi connectivity index (χ4v) is 1.50. The summed E-state index contributed by atoms with van der Waals surface area (Å²) >= 11 is 0. The monoisotopic (exact) mass is 252 g/mol. The summed E-state index contributed by atoms with van der Waals surface area (Å²) in [6, 6.07) is 5.14. The third-order valence-corrected chi connectivity index (χ3v) is 2.43. The minimum absolute atomic E-state index is 0.142. The van der Waals surface area contributed by atoms with Gasteiger partial charge in [-0.3, -0.25) is 10.1 Å². The van der Waals surface area contributed by atoms with E-state index in [1.54, 1.807) is 19.1 Å². The molecule has 0 spiro atoms. The number of hydrogen-bond donors (Lipinski definition) is 1. The number of aryl methyl sites for hydroxylation is 1. The summed E-state index contributed by atoms with van der Waals surface area (Å²) in [7, 11) is 0. The Morgan fingerprint density at radius 2 is 2.17 bits per heavy atom. The number of ether oxygens (including phenoxy) is 1. The molecule has 0 unspecified atom stereocenters. The highest BCUT2D eigenvalue weighted by Crippen LogP contribution is 2.21. The zero-order valence-electron chi connectivity index (χ0n) is 11.1. The summed E-state index contributed by atoms with van der Waals surface area (Å²) in [6.45, 7) is 7.89. The van der Waals surface area contributed by atoms with Crippen molar-refractivity contribution in [2.75, 3.05) is 25.1 Å². The fourth-order valence-electron chi connectivity index (χ4n) is 1.50. The molecular formula is C13H20N2O3. The van der Waals surface area contributed by atoms with E-state index in [0.717, 1.165) is 12.3 Å². The molecule has 0 aliphatic rings. The van der Waals surface area contributed by atoms with Gasteiger partial charge in [0.25, 0.3) is 5.69 Å². The first-order valence-electron chi connectivity index (χ1n) is 6.07. The maximum absolute atomic E-state index is 10.8. The Balaban J connectivity index is 2.43. The van der Waals surface area contributed by atoms with E-state index in [-0.39, 0.29) is 10.6 Å². The SMILES string of the molecule is Cc1ccc(NCCOCC(C)C)cc1[N+](=O)[O-]. The lowest BCUT2D eigenvalue weighted by Crippen LogP contribution is -2.12. The van der Waals surface area contributed by atoms with Crippen LogP contribution in [0.2, 0.25) is 0 Å². The molecule has 0 heterocycles. The Morgan fingerprint density at radius 3 is 2.78 bits per heavy atom. The molecule has 1 aromatic rings. The largest absolute Gasteiger partial charge is 0.383 e. The van der Waals surface area contributed by atoms with Gasteiger partial charge < -0.3 is 10.1 Å². The van der Waals surface area contributed by atoms with Crippen molar-refractivity contribution in [1.29, 1.82) is 0 Å². The molecule has 0 radical (unpaired) electrons. The normalized spacial score (nSPS) is 10.7. The number of hydrogen-bond acceptors (Lipinski definition) is 4. The van der Waals surface area contributed by atoms with Gasteiger partial charge in [0.2, 0.25) is 0 Å². The van der Waals surface area contributed by atoms with Crippen LogP contribution >= 0.6 is 0 Å². The van der Waals surface area contributed by atoms with Crippen LogP contribution < -0.4 is 5.32 Å². The minimum Gasteiger partial charge on any atom is -0.383 e. The van der Waals surface area contributed by atoms with Crippen LogP contribution in [0.25, 0.3) is 0 Å². The van der Waals surface area contributed by atoms with Crippen LogP contribution in [0.5, 0.6) is 0 Å². The molecule has 100 valence electrons. The average Bonchev–Trinajstić information content (AvgIpc) is 2.30. The van der Waals surface area contributed by atoms with E-state index >= 15 is 0 Å². The molecular weight excluding hydrogens is 232 g/mol. The first-order chi connectivity index (χ1) is 8.50. The third kappa shape index (κ3) is 4.71. The first kappa shape index (κ1) is 14.4. The third-order valence-electron chi connectivity index (χ3n) is 2.43. The smallest absolute Gasteiger partial charge is 0.274 e. The fraction of sp³-hybridized carbons (Fsp3) is 0.538. The second-order valence-electron chi connectivity index (χ2n) is 4.65. The highest BCUT2D eigenvalue weighted by atomic mass is 16.6.